The third-order valence-corrected chi connectivity index (χ3v) is 3.08. The number of rotatable bonds is 3. The van der Waals surface area contributed by atoms with Crippen LogP contribution in [0, 0.1) is 5.92 Å². The van der Waals surface area contributed by atoms with Gasteiger partial charge in [-0.25, -0.2) is 0 Å². The molecule has 2 atom stereocenters. The lowest BCUT2D eigenvalue weighted by molar-refractivity contribution is -0.0250. The molecule has 0 amide bonds. The van der Waals surface area contributed by atoms with Gasteiger partial charge in [-0.05, 0) is 18.4 Å². The van der Waals surface area contributed by atoms with Crippen LogP contribution in [0.2, 0.25) is 0 Å². The van der Waals surface area contributed by atoms with Gasteiger partial charge < -0.3 is 16.2 Å². The second-order valence-corrected chi connectivity index (χ2v) is 4.37. The van der Waals surface area contributed by atoms with E-state index in [1.807, 2.05) is 18.2 Å². The highest BCUT2D eigenvalue weighted by atomic mass is 127. The maximum absolute atomic E-state index is 5.86. The van der Waals surface area contributed by atoms with Crippen LogP contribution in [0.1, 0.15) is 24.5 Å². The van der Waals surface area contributed by atoms with E-state index >= 15 is 0 Å². The van der Waals surface area contributed by atoms with E-state index in [2.05, 4.69) is 17.1 Å². The van der Waals surface area contributed by atoms with Crippen LogP contribution in [-0.2, 0) is 4.74 Å². The minimum absolute atomic E-state index is 0. The van der Waals surface area contributed by atoms with Gasteiger partial charge >= 0.3 is 0 Å². The van der Waals surface area contributed by atoms with E-state index in [-0.39, 0.29) is 36.0 Å². The minimum Gasteiger partial charge on any atom is -0.373 e. The van der Waals surface area contributed by atoms with Crippen molar-refractivity contribution in [2.45, 2.75) is 18.9 Å². The highest BCUT2D eigenvalue weighted by Crippen LogP contribution is 2.33. The standard InChI is InChI=1S/C13H19N3O.HI/c14-13(15)16-9-11-7-4-8-17-12(11)10-5-2-1-3-6-10;/h1-3,5-6,11-12H,4,7-9H2,(H4,14,15,16);1H. The Kier molecular flexibility index (Phi) is 6.42. The SMILES string of the molecule is I.NC(N)=NCC1CCCOC1c1ccccc1. The Hall–Kier alpha value is -0.820. The maximum atomic E-state index is 5.86. The molecule has 2 rings (SSSR count). The van der Waals surface area contributed by atoms with E-state index in [9.17, 15) is 0 Å². The second kappa shape index (κ2) is 7.58. The molecule has 0 aromatic heterocycles. The van der Waals surface area contributed by atoms with Gasteiger partial charge in [0.1, 0.15) is 0 Å². The highest BCUT2D eigenvalue weighted by Gasteiger charge is 2.26. The predicted octanol–water partition coefficient (Wildman–Crippen LogP) is 2.05. The van der Waals surface area contributed by atoms with Crippen molar-refractivity contribution in [3.63, 3.8) is 0 Å². The first kappa shape index (κ1) is 15.2. The number of ether oxygens (including phenoxy) is 1. The number of nitrogens with two attached hydrogens (primary N) is 2. The van der Waals surface area contributed by atoms with Crippen molar-refractivity contribution in [1.82, 2.24) is 0 Å². The lowest BCUT2D eigenvalue weighted by Gasteiger charge is -2.31. The molecule has 1 fully saturated rings. The molecule has 1 aliphatic heterocycles. The first-order chi connectivity index (χ1) is 8.27. The van der Waals surface area contributed by atoms with E-state index in [4.69, 9.17) is 16.2 Å². The molecule has 1 saturated heterocycles. The first-order valence-corrected chi connectivity index (χ1v) is 5.99. The summed E-state index contributed by atoms with van der Waals surface area (Å²) in [7, 11) is 0. The number of benzene rings is 1. The van der Waals surface area contributed by atoms with E-state index in [0.717, 1.165) is 19.4 Å². The fourth-order valence-corrected chi connectivity index (χ4v) is 2.26. The number of guanidine groups is 1. The van der Waals surface area contributed by atoms with Crippen LogP contribution in [0.4, 0.5) is 0 Å². The van der Waals surface area contributed by atoms with Crippen molar-refractivity contribution >= 4 is 29.9 Å². The third kappa shape index (κ3) is 4.13. The van der Waals surface area contributed by atoms with Gasteiger partial charge in [-0.1, -0.05) is 30.3 Å². The smallest absolute Gasteiger partial charge is 0.185 e. The molecule has 100 valence electrons. The predicted molar refractivity (Wildman–Crippen MR) is 84.0 cm³/mol. The normalized spacial score (nSPS) is 22.9. The molecule has 0 spiro atoms. The molecule has 1 aliphatic rings. The van der Waals surface area contributed by atoms with Crippen LogP contribution in [0.3, 0.4) is 0 Å². The summed E-state index contributed by atoms with van der Waals surface area (Å²) in [5.41, 5.74) is 12.0. The van der Waals surface area contributed by atoms with Gasteiger partial charge in [0.25, 0.3) is 0 Å². The Labute approximate surface area is 125 Å². The van der Waals surface area contributed by atoms with Gasteiger partial charge in [0.15, 0.2) is 5.96 Å². The average molecular weight is 361 g/mol. The quantitative estimate of drug-likeness (QED) is 0.492. The molecule has 1 aromatic rings. The molecule has 2 unspecified atom stereocenters. The molecule has 0 radical (unpaired) electrons. The number of hydrogen-bond donors (Lipinski definition) is 2. The van der Waals surface area contributed by atoms with E-state index in [1.165, 1.54) is 5.56 Å². The van der Waals surface area contributed by atoms with Gasteiger partial charge in [-0.2, -0.15) is 0 Å². The van der Waals surface area contributed by atoms with Gasteiger partial charge in [0.2, 0.25) is 0 Å². The fraction of sp³-hybridized carbons (Fsp3) is 0.462. The minimum atomic E-state index is 0. The third-order valence-electron chi connectivity index (χ3n) is 3.08. The van der Waals surface area contributed by atoms with Gasteiger partial charge in [0, 0.05) is 19.1 Å². The zero-order chi connectivity index (χ0) is 12.1. The average Bonchev–Trinajstić information content (AvgIpc) is 2.38. The molecular formula is C13H20IN3O. The summed E-state index contributed by atoms with van der Waals surface area (Å²) in [4.78, 5) is 4.12. The molecule has 0 bridgehead atoms. The lowest BCUT2D eigenvalue weighted by Crippen LogP contribution is -2.28. The van der Waals surface area contributed by atoms with Crippen LogP contribution in [0.15, 0.2) is 35.3 Å². The number of hydrogen-bond acceptors (Lipinski definition) is 2. The largest absolute Gasteiger partial charge is 0.373 e. The number of aliphatic imine (C=N–C) groups is 1. The van der Waals surface area contributed by atoms with Crippen molar-refractivity contribution < 1.29 is 4.74 Å². The Balaban J connectivity index is 0.00000162. The summed E-state index contributed by atoms with van der Waals surface area (Å²) in [5.74, 6) is 0.524. The molecule has 4 nitrogen and oxygen atoms in total. The van der Waals surface area contributed by atoms with Gasteiger partial charge in [-0.15, -0.1) is 24.0 Å². The molecule has 4 N–H and O–H groups in total. The highest BCUT2D eigenvalue weighted by molar-refractivity contribution is 14.0. The molecular weight excluding hydrogens is 341 g/mol. The summed E-state index contributed by atoms with van der Waals surface area (Å²) < 4.78 is 5.86. The summed E-state index contributed by atoms with van der Waals surface area (Å²) in [6.07, 6.45) is 2.30. The van der Waals surface area contributed by atoms with Crippen molar-refractivity contribution in [2.24, 2.45) is 22.4 Å². The Morgan fingerprint density at radius 3 is 2.67 bits per heavy atom. The summed E-state index contributed by atoms with van der Waals surface area (Å²) in [5, 5.41) is 0. The number of halogens is 1. The molecule has 5 heteroatoms. The topological polar surface area (TPSA) is 73.6 Å². The zero-order valence-electron chi connectivity index (χ0n) is 10.3. The monoisotopic (exact) mass is 361 g/mol. The van der Waals surface area contributed by atoms with Crippen molar-refractivity contribution in [3.8, 4) is 0 Å². The molecule has 0 aliphatic carbocycles. The molecule has 0 saturated carbocycles. The summed E-state index contributed by atoms with van der Waals surface area (Å²) in [6, 6.07) is 10.3. The van der Waals surface area contributed by atoms with E-state index < -0.39 is 0 Å². The summed E-state index contributed by atoms with van der Waals surface area (Å²) >= 11 is 0. The van der Waals surface area contributed by atoms with Crippen molar-refractivity contribution in [1.29, 1.82) is 0 Å². The first-order valence-electron chi connectivity index (χ1n) is 5.99. The van der Waals surface area contributed by atoms with Crippen LogP contribution in [0.25, 0.3) is 0 Å². The maximum Gasteiger partial charge on any atom is 0.185 e. The Bertz CT molecular complexity index is 379. The van der Waals surface area contributed by atoms with Crippen molar-refractivity contribution in [2.75, 3.05) is 13.2 Å². The molecule has 18 heavy (non-hydrogen) atoms. The second-order valence-electron chi connectivity index (χ2n) is 4.37. The van der Waals surface area contributed by atoms with Gasteiger partial charge in [0.05, 0.1) is 6.10 Å². The van der Waals surface area contributed by atoms with Crippen LogP contribution < -0.4 is 11.5 Å². The van der Waals surface area contributed by atoms with Crippen LogP contribution >= 0.6 is 24.0 Å². The van der Waals surface area contributed by atoms with Crippen LogP contribution in [0.5, 0.6) is 0 Å². The lowest BCUT2D eigenvalue weighted by atomic mass is 9.89. The zero-order valence-corrected chi connectivity index (χ0v) is 12.6. The van der Waals surface area contributed by atoms with Gasteiger partial charge in [-0.3, -0.25) is 4.99 Å². The Morgan fingerprint density at radius 1 is 1.28 bits per heavy atom. The van der Waals surface area contributed by atoms with E-state index in [0.29, 0.717) is 12.5 Å². The fourth-order valence-electron chi connectivity index (χ4n) is 2.26. The van der Waals surface area contributed by atoms with E-state index in [1.54, 1.807) is 0 Å². The molecule has 1 heterocycles. The van der Waals surface area contributed by atoms with Crippen molar-refractivity contribution in [3.05, 3.63) is 35.9 Å². The molecule has 1 aromatic carbocycles. The number of nitrogens with zero attached hydrogens (tertiary/aromatic N) is 1. The van der Waals surface area contributed by atoms with Crippen LogP contribution in [-0.4, -0.2) is 19.1 Å². The Morgan fingerprint density at radius 2 is 2.00 bits per heavy atom. The summed E-state index contributed by atoms with van der Waals surface area (Å²) in [6.45, 7) is 1.46.